The Hall–Kier alpha value is -1.38. The predicted molar refractivity (Wildman–Crippen MR) is 135 cm³/mol. The fourth-order valence-electron chi connectivity index (χ4n) is 1.31. The number of terminal acetylenes is 1. The number of allylic oxidation sites excluding steroid dienone is 4. The molecule has 1 heterocycles. The second kappa shape index (κ2) is 26.6. The van der Waals surface area contributed by atoms with Gasteiger partial charge >= 0.3 is 0 Å². The van der Waals surface area contributed by atoms with E-state index in [0.29, 0.717) is 22.5 Å². The molecule has 0 radical (unpaired) electrons. The summed E-state index contributed by atoms with van der Waals surface area (Å²) in [6, 6.07) is 1.60. The maximum Gasteiger partial charge on any atom is 0.232 e. The van der Waals surface area contributed by atoms with Gasteiger partial charge in [0.15, 0.2) is 0 Å². The van der Waals surface area contributed by atoms with E-state index in [1.165, 1.54) is 11.1 Å². The van der Waals surface area contributed by atoms with Crippen LogP contribution in [0.4, 0.5) is 0 Å². The molecule has 0 aliphatic rings. The molecule has 0 saturated heterocycles. The third-order valence-corrected chi connectivity index (χ3v) is 3.98. The van der Waals surface area contributed by atoms with Crippen molar-refractivity contribution >= 4 is 35.0 Å². The number of hydrogen-bond donors (Lipinski definition) is 1. The van der Waals surface area contributed by atoms with Crippen LogP contribution in [0.15, 0.2) is 46.9 Å². The molecular weight excluding hydrogens is 423 g/mol. The lowest BCUT2D eigenvalue weighted by Crippen LogP contribution is -2.05. The van der Waals surface area contributed by atoms with Gasteiger partial charge in [0.1, 0.15) is 5.02 Å². The standard InChI is InChI=1S/C11H19NS.C7H7Cl2NO.C3H4.C2H6/c1-4-11(2)13-10-8-6-5-7-9-12-3;1-2-11-7-6(9)3-5(8)4-10-7;1-3-2;1-2/h4-6,8,10,12H,7,9H2,1-3H3;3-4H,2H2,1H3;1H,2H3;1-2H3/b6-5+,10-8-,11-4+;;;. The molecule has 0 aliphatic carbocycles. The number of hydrogen-bond acceptors (Lipinski definition) is 4. The largest absolute Gasteiger partial charge is 0.477 e. The summed E-state index contributed by atoms with van der Waals surface area (Å²) < 4.78 is 5.09. The SMILES string of the molecule is C#CC.C/C=C(\C)S/C=C\C=C\CCNC.CC.CCOc1ncc(Cl)cc1Cl. The first kappa shape index (κ1) is 32.3. The third-order valence-electron chi connectivity index (χ3n) is 2.60. The second-order valence-corrected chi connectivity index (χ2v) is 6.82. The second-order valence-electron chi connectivity index (χ2n) is 4.83. The Balaban J connectivity index is -0.000000384. The van der Waals surface area contributed by atoms with Crippen molar-refractivity contribution in [2.45, 2.75) is 48.0 Å². The summed E-state index contributed by atoms with van der Waals surface area (Å²) in [7, 11) is 1.97. The van der Waals surface area contributed by atoms with E-state index in [1.807, 2.05) is 27.8 Å². The summed E-state index contributed by atoms with van der Waals surface area (Å²) in [5, 5.41) is 6.15. The molecule has 0 bridgehead atoms. The molecule has 1 aromatic rings. The zero-order valence-electron chi connectivity index (χ0n) is 18.8. The molecule has 0 spiro atoms. The zero-order chi connectivity index (χ0) is 22.9. The summed E-state index contributed by atoms with van der Waals surface area (Å²) >= 11 is 13.1. The molecule has 164 valence electrons. The zero-order valence-corrected chi connectivity index (χ0v) is 21.1. The smallest absolute Gasteiger partial charge is 0.232 e. The fraction of sp³-hybridized carbons (Fsp3) is 0.435. The Morgan fingerprint density at radius 1 is 1.34 bits per heavy atom. The Bertz CT molecular complexity index is 624. The summed E-state index contributed by atoms with van der Waals surface area (Å²) in [6.07, 6.45) is 15.6. The van der Waals surface area contributed by atoms with Gasteiger partial charge in [0.25, 0.3) is 0 Å². The maximum absolute atomic E-state index is 5.74. The molecule has 1 rings (SSSR count). The lowest BCUT2D eigenvalue weighted by atomic mass is 10.4. The van der Waals surface area contributed by atoms with Crippen molar-refractivity contribution < 1.29 is 4.74 Å². The van der Waals surface area contributed by atoms with Gasteiger partial charge in [-0.05, 0) is 64.1 Å². The number of ether oxygens (including phenoxy) is 1. The molecular formula is C23H36Cl2N2OS. The van der Waals surface area contributed by atoms with Crippen molar-refractivity contribution in [3.05, 3.63) is 56.9 Å². The quantitative estimate of drug-likeness (QED) is 0.245. The predicted octanol–water partition coefficient (Wildman–Crippen LogP) is 7.78. The van der Waals surface area contributed by atoms with Gasteiger partial charge in [-0.25, -0.2) is 4.98 Å². The Labute approximate surface area is 193 Å². The highest BCUT2D eigenvalue weighted by molar-refractivity contribution is 8.05. The summed E-state index contributed by atoms with van der Waals surface area (Å²) in [6.45, 7) is 13.3. The van der Waals surface area contributed by atoms with Crippen LogP contribution in [0.1, 0.15) is 48.0 Å². The number of halogens is 2. The molecule has 1 N–H and O–H groups in total. The molecule has 29 heavy (non-hydrogen) atoms. The first-order chi connectivity index (χ1) is 14.0. The van der Waals surface area contributed by atoms with Crippen molar-refractivity contribution in [2.75, 3.05) is 20.2 Å². The molecule has 0 saturated carbocycles. The van der Waals surface area contributed by atoms with Gasteiger partial charge in [0.2, 0.25) is 5.88 Å². The van der Waals surface area contributed by atoms with Crippen LogP contribution in [-0.4, -0.2) is 25.2 Å². The van der Waals surface area contributed by atoms with Crippen LogP contribution in [0.3, 0.4) is 0 Å². The monoisotopic (exact) mass is 458 g/mol. The van der Waals surface area contributed by atoms with Crippen LogP contribution in [0.5, 0.6) is 5.88 Å². The van der Waals surface area contributed by atoms with Gasteiger partial charge < -0.3 is 10.1 Å². The molecule has 0 aliphatic heterocycles. The molecule has 3 nitrogen and oxygen atoms in total. The average Bonchev–Trinajstić information content (AvgIpc) is 2.72. The van der Waals surface area contributed by atoms with Gasteiger partial charge in [0, 0.05) is 6.20 Å². The first-order valence-corrected chi connectivity index (χ1v) is 11.2. The summed E-state index contributed by atoms with van der Waals surface area (Å²) in [5.74, 6) is 2.68. The molecule has 0 unspecified atom stereocenters. The van der Waals surface area contributed by atoms with Crippen molar-refractivity contribution in [1.82, 2.24) is 10.3 Å². The lowest BCUT2D eigenvalue weighted by molar-refractivity contribution is 0.327. The lowest BCUT2D eigenvalue weighted by Gasteiger charge is -2.02. The minimum absolute atomic E-state index is 0.429. The molecule has 0 atom stereocenters. The van der Waals surface area contributed by atoms with E-state index in [4.69, 9.17) is 27.9 Å². The van der Waals surface area contributed by atoms with Crippen LogP contribution in [0.25, 0.3) is 0 Å². The van der Waals surface area contributed by atoms with Crippen molar-refractivity contribution in [1.29, 1.82) is 0 Å². The number of nitrogens with one attached hydrogen (secondary N) is 1. The van der Waals surface area contributed by atoms with Gasteiger partial charge in [-0.1, -0.05) is 61.4 Å². The Morgan fingerprint density at radius 2 is 1.97 bits per heavy atom. The maximum atomic E-state index is 5.74. The number of nitrogens with zero attached hydrogens (tertiary/aromatic N) is 1. The van der Waals surface area contributed by atoms with E-state index in [0.717, 1.165) is 13.0 Å². The molecule has 0 amide bonds. The van der Waals surface area contributed by atoms with Gasteiger partial charge in [-0.15, -0.1) is 24.1 Å². The highest BCUT2D eigenvalue weighted by atomic mass is 35.5. The van der Waals surface area contributed by atoms with E-state index >= 15 is 0 Å². The minimum Gasteiger partial charge on any atom is -0.477 e. The summed E-state index contributed by atoms with van der Waals surface area (Å²) in [4.78, 5) is 5.21. The van der Waals surface area contributed by atoms with E-state index in [9.17, 15) is 0 Å². The third kappa shape index (κ3) is 24.6. The highest BCUT2D eigenvalue weighted by Crippen LogP contribution is 2.24. The van der Waals surface area contributed by atoms with Crippen LogP contribution >= 0.6 is 35.0 Å². The Morgan fingerprint density at radius 3 is 2.45 bits per heavy atom. The molecule has 6 heteroatoms. The van der Waals surface area contributed by atoms with Gasteiger partial charge in [-0.3, -0.25) is 0 Å². The van der Waals surface area contributed by atoms with Crippen LogP contribution in [0.2, 0.25) is 10.0 Å². The van der Waals surface area contributed by atoms with Gasteiger partial charge in [-0.2, -0.15) is 0 Å². The van der Waals surface area contributed by atoms with Crippen molar-refractivity contribution in [3.8, 4) is 18.2 Å². The number of aromatic nitrogens is 1. The number of pyridine rings is 1. The van der Waals surface area contributed by atoms with Gasteiger partial charge in [0.05, 0.1) is 11.6 Å². The van der Waals surface area contributed by atoms with E-state index in [2.05, 4.69) is 66.2 Å². The van der Waals surface area contributed by atoms with Crippen LogP contribution in [0, 0.1) is 12.3 Å². The van der Waals surface area contributed by atoms with E-state index < -0.39 is 0 Å². The van der Waals surface area contributed by atoms with Crippen molar-refractivity contribution in [3.63, 3.8) is 0 Å². The normalized spacial score (nSPS) is 10.1. The van der Waals surface area contributed by atoms with E-state index in [-0.39, 0.29) is 0 Å². The topological polar surface area (TPSA) is 34.1 Å². The Kier molecular flexibility index (Phi) is 29.6. The molecule has 1 aromatic heterocycles. The molecule has 0 aromatic carbocycles. The summed E-state index contributed by atoms with van der Waals surface area (Å²) in [5.41, 5.74) is 0. The van der Waals surface area contributed by atoms with Crippen LogP contribution in [-0.2, 0) is 0 Å². The first-order valence-electron chi connectivity index (χ1n) is 9.53. The van der Waals surface area contributed by atoms with Crippen molar-refractivity contribution in [2.24, 2.45) is 0 Å². The molecule has 0 fully saturated rings. The fourth-order valence-corrected chi connectivity index (χ4v) is 2.26. The minimum atomic E-state index is 0.429. The average molecular weight is 460 g/mol. The number of thioether (sulfide) groups is 1. The van der Waals surface area contributed by atoms with E-state index in [1.54, 1.807) is 24.8 Å². The number of rotatable bonds is 8. The van der Waals surface area contributed by atoms with Crippen LogP contribution < -0.4 is 10.1 Å². The highest BCUT2D eigenvalue weighted by Gasteiger charge is 2.01.